The van der Waals surface area contributed by atoms with Crippen LogP contribution in [-0.2, 0) is 4.79 Å². The summed E-state index contributed by atoms with van der Waals surface area (Å²) in [5.41, 5.74) is 1.21. The second kappa shape index (κ2) is 7.05. The SMILES string of the molecule is CC(NC(=O)c1cccs1)C(=O)Nc1cnccc1-n1cccn1. The van der Waals surface area contributed by atoms with E-state index in [0.717, 1.165) is 0 Å². The Kier molecular flexibility index (Phi) is 4.66. The molecule has 0 aliphatic rings. The second-order valence-electron chi connectivity index (χ2n) is 5.01. The number of pyridine rings is 1. The van der Waals surface area contributed by atoms with E-state index >= 15 is 0 Å². The van der Waals surface area contributed by atoms with Crippen molar-refractivity contribution in [3.63, 3.8) is 0 Å². The number of carbonyl (C=O) groups is 2. The molecule has 0 bridgehead atoms. The molecule has 3 heterocycles. The molecule has 3 aromatic rings. The molecule has 0 spiro atoms. The van der Waals surface area contributed by atoms with Crippen molar-refractivity contribution in [2.45, 2.75) is 13.0 Å². The summed E-state index contributed by atoms with van der Waals surface area (Å²) in [6.07, 6.45) is 6.58. The molecule has 0 aliphatic heterocycles. The zero-order chi connectivity index (χ0) is 16.9. The summed E-state index contributed by atoms with van der Waals surface area (Å²) in [5, 5.41) is 11.4. The van der Waals surface area contributed by atoms with Crippen LogP contribution < -0.4 is 10.6 Å². The van der Waals surface area contributed by atoms with Crippen LogP contribution in [0.5, 0.6) is 0 Å². The van der Waals surface area contributed by atoms with Crippen LogP contribution in [0.4, 0.5) is 5.69 Å². The fourth-order valence-electron chi connectivity index (χ4n) is 2.08. The number of carbonyl (C=O) groups excluding carboxylic acids is 2. The molecule has 3 rings (SSSR count). The Labute approximate surface area is 142 Å². The number of anilines is 1. The molecule has 2 N–H and O–H groups in total. The van der Waals surface area contributed by atoms with Gasteiger partial charge in [0.25, 0.3) is 5.91 Å². The predicted octanol–water partition coefficient (Wildman–Crippen LogP) is 2.09. The summed E-state index contributed by atoms with van der Waals surface area (Å²) in [4.78, 5) is 29.0. The van der Waals surface area contributed by atoms with Gasteiger partial charge in [-0.25, -0.2) is 4.68 Å². The van der Waals surface area contributed by atoms with Crippen molar-refractivity contribution in [2.75, 3.05) is 5.32 Å². The van der Waals surface area contributed by atoms with Gasteiger partial charge in [-0.15, -0.1) is 11.3 Å². The number of rotatable bonds is 5. The van der Waals surface area contributed by atoms with Crippen molar-refractivity contribution in [3.8, 4) is 5.69 Å². The quantitative estimate of drug-likeness (QED) is 0.744. The monoisotopic (exact) mass is 341 g/mol. The number of thiophene rings is 1. The maximum atomic E-state index is 12.4. The number of nitrogens with one attached hydrogen (secondary N) is 2. The van der Waals surface area contributed by atoms with Crippen molar-refractivity contribution in [2.24, 2.45) is 0 Å². The molecule has 3 aromatic heterocycles. The van der Waals surface area contributed by atoms with Crippen LogP contribution in [0.1, 0.15) is 16.6 Å². The van der Waals surface area contributed by atoms with Gasteiger partial charge < -0.3 is 10.6 Å². The van der Waals surface area contributed by atoms with E-state index in [2.05, 4.69) is 20.7 Å². The van der Waals surface area contributed by atoms with Gasteiger partial charge in [0.05, 0.1) is 22.4 Å². The third kappa shape index (κ3) is 3.49. The first-order valence-corrected chi connectivity index (χ1v) is 8.12. The molecular formula is C16H15N5O2S. The number of nitrogens with zero attached hydrogens (tertiary/aromatic N) is 3. The summed E-state index contributed by atoms with van der Waals surface area (Å²) in [6, 6.07) is 6.34. The minimum atomic E-state index is -0.690. The van der Waals surface area contributed by atoms with Gasteiger partial charge >= 0.3 is 0 Å². The van der Waals surface area contributed by atoms with Gasteiger partial charge in [0.1, 0.15) is 6.04 Å². The van der Waals surface area contributed by atoms with Crippen molar-refractivity contribution in [1.29, 1.82) is 0 Å². The highest BCUT2D eigenvalue weighted by molar-refractivity contribution is 7.12. The topological polar surface area (TPSA) is 88.9 Å². The third-order valence-electron chi connectivity index (χ3n) is 3.29. The zero-order valence-corrected chi connectivity index (χ0v) is 13.7. The molecule has 0 radical (unpaired) electrons. The third-order valence-corrected chi connectivity index (χ3v) is 4.16. The molecule has 0 saturated carbocycles. The molecule has 1 atom stereocenters. The normalized spacial score (nSPS) is 11.7. The van der Waals surface area contributed by atoms with Crippen LogP contribution in [0.3, 0.4) is 0 Å². The van der Waals surface area contributed by atoms with Gasteiger partial charge in [0.15, 0.2) is 0 Å². The van der Waals surface area contributed by atoms with Crippen LogP contribution >= 0.6 is 11.3 Å². The minimum Gasteiger partial charge on any atom is -0.340 e. The predicted molar refractivity (Wildman–Crippen MR) is 91.2 cm³/mol. The van der Waals surface area contributed by atoms with Crippen LogP contribution in [0, 0.1) is 0 Å². The molecule has 24 heavy (non-hydrogen) atoms. The molecular weight excluding hydrogens is 326 g/mol. The summed E-state index contributed by atoms with van der Waals surface area (Å²) in [7, 11) is 0. The summed E-state index contributed by atoms with van der Waals surface area (Å²) < 4.78 is 1.63. The smallest absolute Gasteiger partial charge is 0.261 e. The van der Waals surface area contributed by atoms with E-state index in [1.54, 1.807) is 60.7 Å². The lowest BCUT2D eigenvalue weighted by molar-refractivity contribution is -0.117. The van der Waals surface area contributed by atoms with Gasteiger partial charge in [0, 0.05) is 18.6 Å². The maximum absolute atomic E-state index is 12.4. The first-order chi connectivity index (χ1) is 11.6. The van der Waals surface area contributed by atoms with E-state index in [4.69, 9.17) is 0 Å². The van der Waals surface area contributed by atoms with Crippen molar-refractivity contribution in [3.05, 3.63) is 59.3 Å². The van der Waals surface area contributed by atoms with Crippen molar-refractivity contribution in [1.82, 2.24) is 20.1 Å². The number of hydrogen-bond donors (Lipinski definition) is 2. The first-order valence-electron chi connectivity index (χ1n) is 7.24. The van der Waals surface area contributed by atoms with Crippen LogP contribution in [-0.4, -0.2) is 32.6 Å². The lowest BCUT2D eigenvalue weighted by atomic mass is 10.2. The lowest BCUT2D eigenvalue weighted by Gasteiger charge is -2.15. The first kappa shape index (κ1) is 15.9. The van der Waals surface area contributed by atoms with Crippen LogP contribution in [0.2, 0.25) is 0 Å². The highest BCUT2D eigenvalue weighted by Gasteiger charge is 2.18. The lowest BCUT2D eigenvalue weighted by Crippen LogP contribution is -2.41. The van der Waals surface area contributed by atoms with E-state index in [1.807, 2.05) is 5.38 Å². The molecule has 0 saturated heterocycles. The Bertz CT molecular complexity index is 830. The second-order valence-corrected chi connectivity index (χ2v) is 5.95. The highest BCUT2D eigenvalue weighted by atomic mass is 32.1. The number of amides is 2. The Balaban J connectivity index is 1.70. The average molecular weight is 341 g/mol. The van der Waals surface area contributed by atoms with Gasteiger partial charge in [-0.1, -0.05) is 6.07 Å². The highest BCUT2D eigenvalue weighted by Crippen LogP contribution is 2.18. The Hall–Kier alpha value is -3.00. The average Bonchev–Trinajstić information content (AvgIpc) is 3.29. The van der Waals surface area contributed by atoms with E-state index in [1.165, 1.54) is 11.3 Å². The molecule has 0 aliphatic carbocycles. The van der Waals surface area contributed by atoms with Crippen LogP contribution in [0.25, 0.3) is 5.69 Å². The van der Waals surface area contributed by atoms with E-state index < -0.39 is 6.04 Å². The van der Waals surface area contributed by atoms with Gasteiger partial charge in [-0.3, -0.25) is 14.6 Å². The fourth-order valence-corrected chi connectivity index (χ4v) is 2.70. The fraction of sp³-hybridized carbons (Fsp3) is 0.125. The van der Waals surface area contributed by atoms with Gasteiger partial charge in [0.2, 0.25) is 5.91 Å². The molecule has 0 aromatic carbocycles. The maximum Gasteiger partial charge on any atom is 0.261 e. The standard InChI is InChI=1S/C16H15N5O2S/c1-11(19-16(23)14-4-2-9-24-14)15(22)20-12-10-17-7-5-13(12)21-8-3-6-18-21/h2-11H,1H3,(H,19,23)(H,20,22). The Morgan fingerprint density at radius 1 is 1.25 bits per heavy atom. The molecule has 8 heteroatoms. The van der Waals surface area contributed by atoms with E-state index in [0.29, 0.717) is 16.3 Å². The van der Waals surface area contributed by atoms with Crippen LogP contribution in [0.15, 0.2) is 54.4 Å². The molecule has 7 nitrogen and oxygen atoms in total. The van der Waals surface area contributed by atoms with Crippen molar-refractivity contribution < 1.29 is 9.59 Å². The van der Waals surface area contributed by atoms with Crippen molar-refractivity contribution >= 4 is 28.8 Å². The Morgan fingerprint density at radius 2 is 2.12 bits per heavy atom. The van der Waals surface area contributed by atoms with E-state index in [-0.39, 0.29) is 11.8 Å². The zero-order valence-electron chi connectivity index (χ0n) is 12.8. The molecule has 0 fully saturated rings. The summed E-state index contributed by atoms with van der Waals surface area (Å²) in [5.74, 6) is -0.604. The number of hydrogen-bond acceptors (Lipinski definition) is 5. The number of aromatic nitrogens is 3. The molecule has 1 unspecified atom stereocenters. The molecule has 2 amide bonds. The Morgan fingerprint density at radius 3 is 2.83 bits per heavy atom. The summed E-state index contributed by atoms with van der Waals surface area (Å²) in [6.45, 7) is 1.63. The summed E-state index contributed by atoms with van der Waals surface area (Å²) >= 11 is 1.32. The minimum absolute atomic E-state index is 0.272. The van der Waals surface area contributed by atoms with E-state index in [9.17, 15) is 9.59 Å². The largest absolute Gasteiger partial charge is 0.340 e. The van der Waals surface area contributed by atoms with Gasteiger partial charge in [-0.2, -0.15) is 5.10 Å². The van der Waals surface area contributed by atoms with Gasteiger partial charge in [-0.05, 0) is 30.5 Å². The molecule has 122 valence electrons.